The van der Waals surface area contributed by atoms with E-state index in [0.717, 1.165) is 61.7 Å². The van der Waals surface area contributed by atoms with Crippen LogP contribution in [0, 0.1) is 0 Å². The van der Waals surface area contributed by atoms with E-state index >= 15 is 0 Å². The van der Waals surface area contributed by atoms with Crippen molar-refractivity contribution in [2.24, 2.45) is 0 Å². The van der Waals surface area contributed by atoms with Crippen molar-refractivity contribution in [1.82, 2.24) is 0 Å². The van der Waals surface area contributed by atoms with Gasteiger partial charge in [-0.05, 0) is 69.5 Å². The van der Waals surface area contributed by atoms with Crippen molar-refractivity contribution < 1.29 is 33.3 Å². The molecular formula is C62H50NO6+. The van der Waals surface area contributed by atoms with Crippen molar-refractivity contribution in [3.8, 4) is 73.8 Å². The van der Waals surface area contributed by atoms with Crippen molar-refractivity contribution in [1.29, 1.82) is 0 Å². The molecule has 8 aromatic carbocycles. The fourth-order valence-corrected chi connectivity index (χ4v) is 9.20. The monoisotopic (exact) mass is 904 g/mol. The van der Waals surface area contributed by atoms with Crippen LogP contribution >= 0.6 is 0 Å². The predicted octanol–water partition coefficient (Wildman–Crippen LogP) is 14.9. The zero-order valence-corrected chi connectivity index (χ0v) is 38.2. The van der Waals surface area contributed by atoms with Gasteiger partial charge in [-0.25, -0.2) is 4.84 Å². The average molecular weight is 905 g/mol. The van der Waals surface area contributed by atoms with Crippen LogP contribution in [0.3, 0.4) is 0 Å². The highest BCUT2D eigenvalue weighted by atomic mass is 16.7. The van der Waals surface area contributed by atoms with E-state index in [9.17, 15) is 0 Å². The first-order chi connectivity index (χ1) is 34.2. The lowest BCUT2D eigenvalue weighted by atomic mass is 9.80. The summed E-state index contributed by atoms with van der Waals surface area (Å²) in [6.45, 7) is 2.81. The molecule has 69 heavy (non-hydrogen) atoms. The second-order valence-corrected chi connectivity index (χ2v) is 17.0. The third-order valence-corrected chi connectivity index (χ3v) is 12.5. The van der Waals surface area contributed by atoms with E-state index in [1.165, 1.54) is 0 Å². The second kappa shape index (κ2) is 19.4. The molecule has 7 heteroatoms. The molecule has 7 nitrogen and oxygen atoms in total. The zero-order valence-electron chi connectivity index (χ0n) is 38.2. The Hall–Kier alpha value is -8.39. The Morgan fingerprint density at radius 3 is 2.00 bits per heavy atom. The normalized spacial score (nSPS) is 15.4. The van der Waals surface area contributed by atoms with Gasteiger partial charge in [0.25, 0.3) is 11.9 Å². The maximum atomic E-state index is 7.61. The number of aromatic nitrogens is 1. The van der Waals surface area contributed by atoms with Gasteiger partial charge in [0.1, 0.15) is 11.5 Å². The average Bonchev–Trinajstić information content (AvgIpc) is 3.40. The highest BCUT2D eigenvalue weighted by molar-refractivity contribution is 6.05. The van der Waals surface area contributed by atoms with Gasteiger partial charge in [0.2, 0.25) is 23.0 Å². The largest absolute Gasteiger partial charge is 0.484 e. The van der Waals surface area contributed by atoms with Gasteiger partial charge >= 0.3 is 5.88 Å². The molecule has 0 radical (unpaired) electrons. The number of hydrogen-bond acceptors (Lipinski definition) is 6. The van der Waals surface area contributed by atoms with Gasteiger partial charge in [0.05, 0.1) is 23.9 Å². The standard InChI is InChI=1S/C62H50NO6/c1-2-41-65-62(40-19-18-35-53(62)47-27-10-5-11-28-47)68-59-57(64-42-39-44-22-6-3-7-23-44)43-63(69-55-37-20-29-46-26-12-13-31-49(46)55)61(67-56-38-21-34-52-50-32-14-15-33-51(50)58(52)56)60(59)66-54-36-17-16-30-48(54)45-24-8-4-9-25-45/h3-38,40,43,53H,2,39,41-42H2,1H3/q+1. The molecule has 0 saturated heterocycles. The van der Waals surface area contributed by atoms with Gasteiger partial charge in [-0.15, -0.1) is 0 Å². The van der Waals surface area contributed by atoms with Gasteiger partial charge in [0, 0.05) is 22.9 Å². The first kappa shape index (κ1) is 43.2. The lowest BCUT2D eigenvalue weighted by Gasteiger charge is -2.39. The first-order valence-electron chi connectivity index (χ1n) is 23.6. The van der Waals surface area contributed by atoms with Crippen LogP contribution < -0.4 is 28.5 Å². The Morgan fingerprint density at radius 2 is 1.17 bits per heavy atom. The van der Waals surface area contributed by atoms with E-state index in [2.05, 4.69) is 97.9 Å². The highest BCUT2D eigenvalue weighted by Gasteiger charge is 2.46. The molecule has 0 bridgehead atoms. The molecular weight excluding hydrogens is 855 g/mol. The molecule has 11 rings (SSSR count). The molecule has 0 fully saturated rings. The van der Waals surface area contributed by atoms with E-state index in [1.807, 2.05) is 133 Å². The van der Waals surface area contributed by atoms with Crippen molar-refractivity contribution in [2.45, 2.75) is 31.5 Å². The van der Waals surface area contributed by atoms with Crippen molar-refractivity contribution in [3.05, 3.63) is 242 Å². The fourth-order valence-electron chi connectivity index (χ4n) is 9.20. The molecule has 0 amide bonds. The van der Waals surface area contributed by atoms with Crippen LogP contribution in [-0.2, 0) is 11.2 Å². The van der Waals surface area contributed by atoms with Gasteiger partial charge < -0.3 is 23.7 Å². The summed E-state index contributed by atoms with van der Waals surface area (Å²) in [4.78, 5) is 7.10. The fraction of sp³-hybridized carbons (Fsp3) is 0.113. The lowest BCUT2D eigenvalue weighted by Crippen LogP contribution is -2.45. The number of nitrogens with zero attached hydrogens (tertiary/aromatic N) is 1. The number of rotatable bonds is 17. The minimum Gasteiger partial charge on any atom is -0.484 e. The molecule has 0 aliphatic heterocycles. The Balaban J connectivity index is 1.18. The van der Waals surface area contributed by atoms with Gasteiger partial charge in [-0.2, -0.15) is 0 Å². The molecule has 1 aromatic heterocycles. The van der Waals surface area contributed by atoms with Crippen molar-refractivity contribution in [2.75, 3.05) is 13.2 Å². The molecule has 0 N–H and O–H groups in total. The summed E-state index contributed by atoms with van der Waals surface area (Å²) in [5, 5.41) is 1.93. The molecule has 2 aliphatic carbocycles. The summed E-state index contributed by atoms with van der Waals surface area (Å²) in [5.41, 5.74) is 8.32. The number of allylic oxidation sites excluding steroid dienone is 2. The molecule has 2 aliphatic rings. The molecule has 9 aromatic rings. The highest BCUT2D eigenvalue weighted by Crippen LogP contribution is 2.55. The van der Waals surface area contributed by atoms with Crippen LogP contribution in [-0.4, -0.2) is 19.0 Å². The van der Waals surface area contributed by atoms with Gasteiger partial charge in [0.15, 0.2) is 0 Å². The van der Waals surface area contributed by atoms with Gasteiger partial charge in [-0.3, -0.25) is 0 Å². The van der Waals surface area contributed by atoms with Crippen LogP contribution in [0.4, 0.5) is 0 Å². The Labute approximate surface area is 402 Å². The lowest BCUT2D eigenvalue weighted by molar-refractivity contribution is -0.876. The Morgan fingerprint density at radius 1 is 0.522 bits per heavy atom. The third-order valence-electron chi connectivity index (χ3n) is 12.5. The smallest absolute Gasteiger partial charge is 0.470 e. The topological polar surface area (TPSA) is 59.3 Å². The van der Waals surface area contributed by atoms with Gasteiger partial charge in [-0.1, -0.05) is 207 Å². The summed E-state index contributed by atoms with van der Waals surface area (Å²) in [7, 11) is 0. The molecule has 0 saturated carbocycles. The van der Waals surface area contributed by atoms with E-state index in [0.29, 0.717) is 42.6 Å². The van der Waals surface area contributed by atoms with E-state index in [-0.39, 0.29) is 23.3 Å². The minimum absolute atomic E-state index is 0.214. The maximum Gasteiger partial charge on any atom is 0.470 e. The number of hydrogen-bond donors (Lipinski definition) is 0. The van der Waals surface area contributed by atoms with E-state index < -0.39 is 5.79 Å². The quantitative estimate of drug-likeness (QED) is 0.0670. The SMILES string of the molecule is CCCOC1(Oc2c(OCCc3ccccc3)c[n+](Oc3cccc4ccccc34)c(Oc3cccc4c3-c3ccccc3-4)c2Oc2ccccc2-c2ccccc2)C=CC=CC1c1ccccc1. The number of pyridine rings is 1. The van der Waals surface area contributed by atoms with Crippen LogP contribution in [0.2, 0.25) is 0 Å². The summed E-state index contributed by atoms with van der Waals surface area (Å²) in [6, 6.07) is 67.4. The molecule has 2 atom stereocenters. The Kier molecular flexibility index (Phi) is 12.2. The van der Waals surface area contributed by atoms with Crippen molar-refractivity contribution in [3.63, 3.8) is 0 Å². The summed E-state index contributed by atoms with van der Waals surface area (Å²) in [6.07, 6.45) is 11.3. The van der Waals surface area contributed by atoms with Crippen molar-refractivity contribution >= 4 is 10.8 Å². The first-order valence-corrected chi connectivity index (χ1v) is 23.6. The maximum absolute atomic E-state index is 7.61. The minimum atomic E-state index is -1.36. The van der Waals surface area contributed by atoms with Crippen LogP contribution in [0.1, 0.15) is 30.4 Å². The third kappa shape index (κ3) is 8.72. The van der Waals surface area contributed by atoms with E-state index in [4.69, 9.17) is 28.5 Å². The van der Waals surface area contributed by atoms with Crippen LogP contribution in [0.15, 0.2) is 231 Å². The number of fused-ring (bicyclic) bond motifs is 5. The number of ether oxygens (including phenoxy) is 5. The van der Waals surface area contributed by atoms with Crippen LogP contribution in [0.5, 0.6) is 40.4 Å². The van der Waals surface area contributed by atoms with E-state index in [1.54, 1.807) is 10.9 Å². The molecule has 2 unspecified atom stereocenters. The zero-order chi connectivity index (χ0) is 46.4. The summed E-state index contributed by atoms with van der Waals surface area (Å²) < 4.78 is 38.0. The second-order valence-electron chi connectivity index (χ2n) is 17.0. The molecule has 0 spiro atoms. The molecule has 1 heterocycles. The summed E-state index contributed by atoms with van der Waals surface area (Å²) in [5.74, 6) is 1.10. The van der Waals surface area contributed by atoms with Crippen LogP contribution in [0.25, 0.3) is 44.2 Å². The Bertz CT molecular complexity index is 3310. The number of para-hydroxylation sites is 1. The molecule has 338 valence electrons. The summed E-state index contributed by atoms with van der Waals surface area (Å²) >= 11 is 0. The number of benzene rings is 8. The predicted molar refractivity (Wildman–Crippen MR) is 272 cm³/mol.